The van der Waals surface area contributed by atoms with Crippen molar-refractivity contribution in [2.45, 2.75) is 26.3 Å². The lowest BCUT2D eigenvalue weighted by Crippen LogP contribution is -2.14. The summed E-state index contributed by atoms with van der Waals surface area (Å²) in [5, 5.41) is 12.2. The van der Waals surface area contributed by atoms with Gasteiger partial charge in [-0.3, -0.25) is 0 Å². The first-order valence-electron chi connectivity index (χ1n) is 6.46. The van der Waals surface area contributed by atoms with Crippen molar-refractivity contribution in [3.63, 3.8) is 0 Å². The van der Waals surface area contributed by atoms with Crippen LogP contribution in [0, 0.1) is 0 Å². The number of nitrogens with zero attached hydrogens (tertiary/aromatic N) is 2. The van der Waals surface area contributed by atoms with Crippen molar-refractivity contribution in [3.05, 3.63) is 53.5 Å². The van der Waals surface area contributed by atoms with Crippen LogP contribution in [-0.4, -0.2) is 27.1 Å². The highest BCUT2D eigenvalue weighted by Crippen LogP contribution is 2.12. The summed E-state index contributed by atoms with van der Waals surface area (Å²) < 4.78 is 0. The highest BCUT2D eigenvalue weighted by Gasteiger charge is 2.11. The Kier molecular flexibility index (Phi) is 4.30. The number of benzene rings is 1. The van der Waals surface area contributed by atoms with Gasteiger partial charge in [0, 0.05) is 18.5 Å². The predicted octanol–water partition coefficient (Wildman–Crippen LogP) is 2.59. The highest BCUT2D eigenvalue weighted by atomic mass is 16.4. The average Bonchev–Trinajstić information content (AvgIpc) is 2.38. The van der Waals surface area contributed by atoms with E-state index in [4.69, 9.17) is 5.11 Å². The zero-order valence-corrected chi connectivity index (χ0v) is 11.5. The number of aromatic carboxylic acids is 1. The molecule has 1 aromatic carbocycles. The molecule has 0 aliphatic carbocycles. The van der Waals surface area contributed by atoms with E-state index in [2.05, 4.69) is 15.3 Å². The van der Waals surface area contributed by atoms with Crippen molar-refractivity contribution >= 4 is 11.8 Å². The normalized spacial score (nSPS) is 10.6. The van der Waals surface area contributed by atoms with E-state index in [9.17, 15) is 4.79 Å². The van der Waals surface area contributed by atoms with Gasteiger partial charge in [-0.05, 0) is 19.4 Å². The maximum atomic E-state index is 11.1. The Morgan fingerprint density at radius 2 is 1.95 bits per heavy atom. The number of hydrogen-bond donors (Lipinski definition) is 2. The molecule has 5 nitrogen and oxygen atoms in total. The van der Waals surface area contributed by atoms with Gasteiger partial charge in [0.05, 0.1) is 0 Å². The van der Waals surface area contributed by atoms with Gasteiger partial charge in [-0.1, -0.05) is 30.3 Å². The summed E-state index contributed by atoms with van der Waals surface area (Å²) in [6, 6.07) is 11.4. The van der Waals surface area contributed by atoms with E-state index in [1.54, 1.807) is 0 Å². The van der Waals surface area contributed by atoms with Crippen LogP contribution in [-0.2, 0) is 6.42 Å². The largest absolute Gasteiger partial charge is 0.477 e. The molecule has 0 aliphatic heterocycles. The van der Waals surface area contributed by atoms with E-state index in [0.29, 0.717) is 18.1 Å². The second kappa shape index (κ2) is 6.14. The lowest BCUT2D eigenvalue weighted by Gasteiger charge is -2.11. The minimum absolute atomic E-state index is 0.00841. The van der Waals surface area contributed by atoms with Crippen molar-refractivity contribution in [1.29, 1.82) is 0 Å². The Hall–Kier alpha value is -2.43. The summed E-state index contributed by atoms with van der Waals surface area (Å²) in [7, 11) is 0. The fourth-order valence-electron chi connectivity index (χ4n) is 1.83. The fraction of sp³-hybridized carbons (Fsp3) is 0.267. The third-order valence-electron chi connectivity index (χ3n) is 2.63. The van der Waals surface area contributed by atoms with Crippen LogP contribution in [0.15, 0.2) is 36.4 Å². The van der Waals surface area contributed by atoms with Crippen molar-refractivity contribution in [2.24, 2.45) is 0 Å². The topological polar surface area (TPSA) is 75.1 Å². The molecule has 0 amide bonds. The second-order valence-corrected chi connectivity index (χ2v) is 4.82. The number of carboxylic acid groups (broad SMARTS) is 1. The maximum Gasteiger partial charge on any atom is 0.354 e. The molecule has 2 rings (SSSR count). The number of carbonyl (C=O) groups is 1. The van der Waals surface area contributed by atoms with Gasteiger partial charge < -0.3 is 10.4 Å². The average molecular weight is 271 g/mol. The monoisotopic (exact) mass is 271 g/mol. The van der Waals surface area contributed by atoms with Gasteiger partial charge in [0.25, 0.3) is 0 Å². The van der Waals surface area contributed by atoms with Crippen LogP contribution < -0.4 is 5.32 Å². The third kappa shape index (κ3) is 3.78. The second-order valence-electron chi connectivity index (χ2n) is 4.82. The first-order valence-corrected chi connectivity index (χ1v) is 6.46. The molecule has 1 heterocycles. The summed E-state index contributed by atoms with van der Waals surface area (Å²) in [6.07, 6.45) is 0.509. The van der Waals surface area contributed by atoms with Crippen LogP contribution in [0.3, 0.4) is 0 Å². The molecule has 2 N–H and O–H groups in total. The van der Waals surface area contributed by atoms with Gasteiger partial charge in [0.2, 0.25) is 0 Å². The maximum absolute atomic E-state index is 11.1. The lowest BCUT2D eigenvalue weighted by atomic mass is 10.1. The third-order valence-corrected chi connectivity index (χ3v) is 2.63. The van der Waals surface area contributed by atoms with E-state index < -0.39 is 5.97 Å². The molecule has 2 aromatic rings. The van der Waals surface area contributed by atoms with Gasteiger partial charge in [0.1, 0.15) is 11.6 Å². The number of hydrogen-bond acceptors (Lipinski definition) is 4. The number of nitrogens with one attached hydrogen (secondary N) is 1. The molecule has 0 saturated heterocycles. The molecule has 0 unspecified atom stereocenters. The minimum Gasteiger partial charge on any atom is -0.477 e. The molecule has 0 saturated carbocycles. The molecule has 104 valence electrons. The van der Waals surface area contributed by atoms with Gasteiger partial charge in [-0.25, -0.2) is 14.8 Å². The highest BCUT2D eigenvalue weighted by molar-refractivity contribution is 5.86. The molecular weight excluding hydrogens is 254 g/mol. The Bertz CT molecular complexity index is 597. The van der Waals surface area contributed by atoms with E-state index in [1.807, 2.05) is 44.2 Å². The smallest absolute Gasteiger partial charge is 0.354 e. The lowest BCUT2D eigenvalue weighted by molar-refractivity contribution is 0.0690. The molecule has 5 heteroatoms. The minimum atomic E-state index is -1.05. The number of carboxylic acids is 1. The van der Waals surface area contributed by atoms with Crippen LogP contribution in [0.5, 0.6) is 0 Å². The van der Waals surface area contributed by atoms with Gasteiger partial charge in [-0.15, -0.1) is 0 Å². The van der Waals surface area contributed by atoms with Crippen LogP contribution in [0.1, 0.15) is 35.7 Å². The number of anilines is 1. The SMILES string of the molecule is CC(C)Nc1cc(C(=O)O)nc(Cc2ccccc2)n1. The standard InChI is InChI=1S/C15H17N3O2/c1-10(2)16-14-9-12(15(19)20)17-13(18-14)8-11-6-4-3-5-7-11/h3-7,9-10H,8H2,1-2H3,(H,19,20)(H,16,17,18). The first-order chi connectivity index (χ1) is 9.54. The van der Waals surface area contributed by atoms with Crippen molar-refractivity contribution in [1.82, 2.24) is 9.97 Å². The van der Waals surface area contributed by atoms with Crippen molar-refractivity contribution in [2.75, 3.05) is 5.32 Å². The van der Waals surface area contributed by atoms with E-state index in [1.165, 1.54) is 6.07 Å². The van der Waals surface area contributed by atoms with Crippen molar-refractivity contribution in [3.8, 4) is 0 Å². The Morgan fingerprint density at radius 3 is 2.55 bits per heavy atom. The van der Waals surface area contributed by atoms with Gasteiger partial charge in [0.15, 0.2) is 5.69 Å². The van der Waals surface area contributed by atoms with Crippen LogP contribution >= 0.6 is 0 Å². The molecule has 1 aromatic heterocycles. The van der Waals surface area contributed by atoms with Crippen molar-refractivity contribution < 1.29 is 9.90 Å². The Morgan fingerprint density at radius 1 is 1.25 bits per heavy atom. The van der Waals surface area contributed by atoms with E-state index in [-0.39, 0.29) is 11.7 Å². The summed E-state index contributed by atoms with van der Waals surface area (Å²) in [5.74, 6) is -0.00824. The molecule has 0 fully saturated rings. The van der Waals surface area contributed by atoms with Crippen LogP contribution in [0.2, 0.25) is 0 Å². The molecule has 0 atom stereocenters. The van der Waals surface area contributed by atoms with E-state index >= 15 is 0 Å². The molecule has 0 radical (unpaired) electrons. The quantitative estimate of drug-likeness (QED) is 0.874. The molecule has 0 aliphatic rings. The summed E-state index contributed by atoms with van der Waals surface area (Å²) in [4.78, 5) is 19.6. The zero-order valence-electron chi connectivity index (χ0n) is 11.5. The first kappa shape index (κ1) is 14.0. The summed E-state index contributed by atoms with van der Waals surface area (Å²) in [6.45, 7) is 3.94. The predicted molar refractivity (Wildman–Crippen MR) is 77.0 cm³/mol. The summed E-state index contributed by atoms with van der Waals surface area (Å²) >= 11 is 0. The van der Waals surface area contributed by atoms with Gasteiger partial charge in [-0.2, -0.15) is 0 Å². The van der Waals surface area contributed by atoms with Crippen LogP contribution in [0.25, 0.3) is 0 Å². The zero-order chi connectivity index (χ0) is 14.5. The fourth-order valence-corrected chi connectivity index (χ4v) is 1.83. The molecular formula is C15H17N3O2. The Balaban J connectivity index is 2.31. The molecule has 0 spiro atoms. The van der Waals surface area contributed by atoms with Gasteiger partial charge >= 0.3 is 5.97 Å². The Labute approximate surface area is 117 Å². The molecule has 0 bridgehead atoms. The summed E-state index contributed by atoms with van der Waals surface area (Å²) in [5.41, 5.74) is 1.06. The van der Waals surface area contributed by atoms with E-state index in [0.717, 1.165) is 5.56 Å². The van der Waals surface area contributed by atoms with Crippen LogP contribution in [0.4, 0.5) is 5.82 Å². The number of aromatic nitrogens is 2. The number of rotatable bonds is 5. The molecule has 20 heavy (non-hydrogen) atoms.